The third kappa shape index (κ3) is 4.75. The van der Waals surface area contributed by atoms with E-state index in [1.165, 1.54) is 4.70 Å². The van der Waals surface area contributed by atoms with Crippen LogP contribution in [0.15, 0.2) is 24.3 Å². The number of thiazole rings is 1. The van der Waals surface area contributed by atoms with Crippen molar-refractivity contribution < 1.29 is 4.79 Å². The van der Waals surface area contributed by atoms with Crippen molar-refractivity contribution in [3.05, 3.63) is 29.3 Å². The standard InChI is InChI=1S/C18H26N4OS/c1-14(13-22-11-9-21(2)10-12-22)19-17(23)7-8-18-20-15-5-3-4-6-16(15)24-18/h3-6,14H,7-13H2,1-2H3,(H,19,23)/t14-/m1/s1. The molecule has 0 bridgehead atoms. The van der Waals surface area contributed by atoms with Crippen LogP contribution in [0.2, 0.25) is 0 Å². The number of nitrogens with zero attached hydrogens (tertiary/aromatic N) is 3. The number of rotatable bonds is 6. The van der Waals surface area contributed by atoms with Gasteiger partial charge in [0, 0.05) is 51.6 Å². The third-order valence-corrected chi connectivity index (χ3v) is 5.54. The fourth-order valence-electron chi connectivity index (χ4n) is 3.06. The van der Waals surface area contributed by atoms with Gasteiger partial charge < -0.3 is 10.2 Å². The third-order valence-electron chi connectivity index (χ3n) is 4.44. The summed E-state index contributed by atoms with van der Waals surface area (Å²) in [7, 11) is 2.16. The van der Waals surface area contributed by atoms with Crippen LogP contribution in [-0.4, -0.2) is 66.5 Å². The van der Waals surface area contributed by atoms with Gasteiger partial charge in [-0.05, 0) is 26.1 Å². The summed E-state index contributed by atoms with van der Waals surface area (Å²) < 4.78 is 1.19. The van der Waals surface area contributed by atoms with E-state index in [4.69, 9.17) is 0 Å². The first kappa shape index (κ1) is 17.3. The second kappa shape index (κ2) is 8.05. The molecular weight excluding hydrogens is 320 g/mol. The molecular formula is C18H26N4OS. The van der Waals surface area contributed by atoms with Gasteiger partial charge in [-0.3, -0.25) is 9.69 Å². The van der Waals surface area contributed by atoms with Crippen LogP contribution in [-0.2, 0) is 11.2 Å². The molecule has 0 spiro atoms. The summed E-state index contributed by atoms with van der Waals surface area (Å²) in [6.07, 6.45) is 1.22. The Morgan fingerprint density at radius 3 is 2.79 bits per heavy atom. The highest BCUT2D eigenvalue weighted by Gasteiger charge is 2.17. The van der Waals surface area contributed by atoms with Gasteiger partial charge in [-0.2, -0.15) is 0 Å². The van der Waals surface area contributed by atoms with Crippen LogP contribution in [0, 0.1) is 0 Å². The summed E-state index contributed by atoms with van der Waals surface area (Å²) in [5, 5.41) is 4.16. The van der Waals surface area contributed by atoms with E-state index in [1.807, 2.05) is 18.2 Å². The number of fused-ring (bicyclic) bond motifs is 1. The number of nitrogens with one attached hydrogen (secondary N) is 1. The number of benzene rings is 1. The lowest BCUT2D eigenvalue weighted by Gasteiger charge is -2.34. The number of piperazine rings is 1. The largest absolute Gasteiger partial charge is 0.352 e. The van der Waals surface area contributed by atoms with Crippen molar-refractivity contribution in [3.63, 3.8) is 0 Å². The van der Waals surface area contributed by atoms with E-state index in [0.29, 0.717) is 12.8 Å². The van der Waals surface area contributed by atoms with Crippen molar-refractivity contribution in [2.45, 2.75) is 25.8 Å². The maximum absolute atomic E-state index is 12.2. The molecule has 1 N–H and O–H groups in total. The lowest BCUT2D eigenvalue weighted by molar-refractivity contribution is -0.121. The molecule has 6 heteroatoms. The van der Waals surface area contributed by atoms with Crippen LogP contribution in [0.5, 0.6) is 0 Å². The van der Waals surface area contributed by atoms with Gasteiger partial charge in [0.25, 0.3) is 0 Å². The number of amides is 1. The van der Waals surface area contributed by atoms with Gasteiger partial charge >= 0.3 is 0 Å². The number of aromatic nitrogens is 1. The Kier molecular flexibility index (Phi) is 5.81. The summed E-state index contributed by atoms with van der Waals surface area (Å²) >= 11 is 1.68. The average Bonchev–Trinajstić information content (AvgIpc) is 2.98. The van der Waals surface area contributed by atoms with Crippen LogP contribution in [0.25, 0.3) is 10.2 Å². The van der Waals surface area contributed by atoms with Crippen molar-refractivity contribution in [1.82, 2.24) is 20.1 Å². The first-order valence-corrected chi connectivity index (χ1v) is 9.46. The molecule has 1 amide bonds. The van der Waals surface area contributed by atoms with Gasteiger partial charge in [0.05, 0.1) is 15.2 Å². The molecule has 5 nitrogen and oxygen atoms in total. The van der Waals surface area contributed by atoms with Gasteiger partial charge in [-0.25, -0.2) is 4.98 Å². The molecule has 0 saturated carbocycles. The molecule has 24 heavy (non-hydrogen) atoms. The van der Waals surface area contributed by atoms with Crippen molar-refractivity contribution in [3.8, 4) is 0 Å². The first-order valence-electron chi connectivity index (χ1n) is 8.65. The molecule has 2 heterocycles. The molecule has 1 aliphatic rings. The highest BCUT2D eigenvalue weighted by atomic mass is 32.1. The van der Waals surface area contributed by atoms with Crippen molar-refractivity contribution >= 4 is 27.5 Å². The summed E-state index contributed by atoms with van der Waals surface area (Å²) in [4.78, 5) is 21.5. The van der Waals surface area contributed by atoms with E-state index in [9.17, 15) is 4.79 Å². The van der Waals surface area contributed by atoms with Crippen LogP contribution in [0.4, 0.5) is 0 Å². The predicted octanol–water partition coefficient (Wildman–Crippen LogP) is 1.98. The molecule has 2 aromatic rings. The Morgan fingerprint density at radius 1 is 1.29 bits per heavy atom. The van der Waals surface area contributed by atoms with E-state index in [0.717, 1.165) is 43.2 Å². The van der Waals surface area contributed by atoms with Crippen molar-refractivity contribution in [2.75, 3.05) is 39.8 Å². The van der Waals surface area contributed by atoms with Crippen molar-refractivity contribution in [1.29, 1.82) is 0 Å². The van der Waals surface area contributed by atoms with Crippen LogP contribution >= 0.6 is 11.3 Å². The Morgan fingerprint density at radius 2 is 2.04 bits per heavy atom. The molecule has 1 fully saturated rings. The summed E-state index contributed by atoms with van der Waals surface area (Å²) in [5.41, 5.74) is 1.03. The molecule has 130 valence electrons. The van der Waals surface area contributed by atoms with E-state index >= 15 is 0 Å². The first-order chi connectivity index (χ1) is 11.6. The minimum absolute atomic E-state index is 0.121. The molecule has 1 aromatic heterocycles. The smallest absolute Gasteiger partial charge is 0.220 e. The SMILES string of the molecule is C[C@H](CN1CCN(C)CC1)NC(=O)CCc1nc2ccccc2s1. The molecule has 1 atom stereocenters. The molecule has 0 radical (unpaired) electrons. The van der Waals surface area contributed by atoms with Gasteiger partial charge in [0.2, 0.25) is 5.91 Å². The fourth-order valence-corrected chi connectivity index (χ4v) is 4.02. The predicted molar refractivity (Wildman–Crippen MR) is 99.5 cm³/mol. The Balaban J connectivity index is 1.41. The zero-order chi connectivity index (χ0) is 16.9. The Labute approximate surface area is 147 Å². The lowest BCUT2D eigenvalue weighted by Crippen LogP contribution is -2.49. The highest BCUT2D eigenvalue weighted by molar-refractivity contribution is 7.18. The highest BCUT2D eigenvalue weighted by Crippen LogP contribution is 2.22. The fraction of sp³-hybridized carbons (Fsp3) is 0.556. The monoisotopic (exact) mass is 346 g/mol. The number of carbonyl (C=O) groups is 1. The maximum atomic E-state index is 12.2. The van der Waals surface area contributed by atoms with Gasteiger partial charge in [0.1, 0.15) is 0 Å². The second-order valence-corrected chi connectivity index (χ2v) is 7.76. The van der Waals surface area contributed by atoms with Crippen LogP contribution in [0.3, 0.4) is 0 Å². The van der Waals surface area contributed by atoms with Crippen LogP contribution < -0.4 is 5.32 Å². The quantitative estimate of drug-likeness (QED) is 0.869. The second-order valence-electron chi connectivity index (χ2n) is 6.65. The molecule has 0 unspecified atom stereocenters. The number of likely N-dealkylation sites (N-methyl/N-ethyl adjacent to an activating group) is 1. The molecule has 1 saturated heterocycles. The maximum Gasteiger partial charge on any atom is 0.220 e. The normalized spacial score (nSPS) is 17.9. The topological polar surface area (TPSA) is 48.5 Å². The number of aryl methyl sites for hydroxylation is 1. The Bertz CT molecular complexity index is 645. The Hall–Kier alpha value is -1.50. The number of hydrogen-bond acceptors (Lipinski definition) is 5. The zero-order valence-electron chi connectivity index (χ0n) is 14.5. The van der Waals surface area contributed by atoms with Gasteiger partial charge in [0.15, 0.2) is 0 Å². The number of hydrogen-bond donors (Lipinski definition) is 1. The summed E-state index contributed by atoms with van der Waals surface area (Å²) in [6, 6.07) is 8.31. The molecule has 1 aromatic carbocycles. The summed E-state index contributed by atoms with van der Waals surface area (Å²) in [6.45, 7) is 7.41. The number of carbonyl (C=O) groups excluding carboxylic acids is 1. The van der Waals surface area contributed by atoms with Gasteiger partial charge in [-0.1, -0.05) is 12.1 Å². The van der Waals surface area contributed by atoms with Crippen LogP contribution in [0.1, 0.15) is 18.4 Å². The lowest BCUT2D eigenvalue weighted by atomic mass is 10.2. The molecule has 1 aliphatic heterocycles. The van der Waals surface area contributed by atoms with Crippen molar-refractivity contribution in [2.24, 2.45) is 0 Å². The molecule has 0 aliphatic carbocycles. The zero-order valence-corrected chi connectivity index (χ0v) is 15.3. The minimum atomic E-state index is 0.121. The average molecular weight is 346 g/mol. The number of para-hydroxylation sites is 1. The minimum Gasteiger partial charge on any atom is -0.352 e. The van der Waals surface area contributed by atoms with E-state index in [1.54, 1.807) is 11.3 Å². The molecule has 3 rings (SSSR count). The van der Waals surface area contributed by atoms with E-state index < -0.39 is 0 Å². The van der Waals surface area contributed by atoms with Gasteiger partial charge in [-0.15, -0.1) is 11.3 Å². The summed E-state index contributed by atoms with van der Waals surface area (Å²) in [5.74, 6) is 0.121. The van der Waals surface area contributed by atoms with E-state index in [-0.39, 0.29) is 11.9 Å². The van der Waals surface area contributed by atoms with E-state index in [2.05, 4.69) is 40.1 Å².